The molecule has 0 aliphatic rings. The Hall–Kier alpha value is -2.55. The van der Waals surface area contributed by atoms with Crippen LogP contribution in [0, 0.1) is 5.41 Å². The summed E-state index contributed by atoms with van der Waals surface area (Å²) < 4.78 is 5.68. The van der Waals surface area contributed by atoms with Crippen molar-refractivity contribution in [2.45, 2.75) is 26.7 Å². The van der Waals surface area contributed by atoms with Crippen LogP contribution in [0.3, 0.4) is 0 Å². The Kier molecular flexibility index (Phi) is 6.19. The molecule has 0 saturated heterocycles. The number of carboxylic acids is 1. The van der Waals surface area contributed by atoms with Gasteiger partial charge in [0.25, 0.3) is 0 Å². The highest BCUT2D eigenvalue weighted by Gasteiger charge is 2.26. The summed E-state index contributed by atoms with van der Waals surface area (Å²) in [6, 6.07) is 18.1. The third-order valence-corrected chi connectivity index (χ3v) is 3.94. The SMILES string of the molecule is CC(C)(CCCOc1ccc(/C=C/c2ccccc2)cc1)C(=O)O. The molecule has 0 fully saturated rings. The number of carboxylic acid groups (broad SMARTS) is 1. The summed E-state index contributed by atoms with van der Waals surface area (Å²) in [5.74, 6) is 0.0389. The molecule has 3 heteroatoms. The topological polar surface area (TPSA) is 46.5 Å². The number of hydrogen-bond acceptors (Lipinski definition) is 2. The van der Waals surface area contributed by atoms with Gasteiger partial charge in [0.15, 0.2) is 0 Å². The Morgan fingerprint density at radius 3 is 2.17 bits per heavy atom. The fourth-order valence-corrected chi connectivity index (χ4v) is 2.24. The molecule has 3 nitrogen and oxygen atoms in total. The average Bonchev–Trinajstić information content (AvgIpc) is 2.59. The first-order chi connectivity index (χ1) is 11.5. The second-order valence-electron chi connectivity index (χ2n) is 6.45. The van der Waals surface area contributed by atoms with Crippen LogP contribution in [0.4, 0.5) is 0 Å². The molecule has 0 unspecified atom stereocenters. The normalized spacial score (nSPS) is 11.6. The van der Waals surface area contributed by atoms with E-state index in [1.54, 1.807) is 13.8 Å². The van der Waals surface area contributed by atoms with Crippen LogP contribution in [0.15, 0.2) is 54.6 Å². The third-order valence-electron chi connectivity index (χ3n) is 3.94. The number of carbonyl (C=O) groups is 1. The zero-order valence-corrected chi connectivity index (χ0v) is 14.2. The monoisotopic (exact) mass is 324 g/mol. The summed E-state index contributed by atoms with van der Waals surface area (Å²) in [6.45, 7) is 4.00. The van der Waals surface area contributed by atoms with Crippen molar-refractivity contribution in [3.8, 4) is 5.75 Å². The summed E-state index contributed by atoms with van der Waals surface area (Å²) in [5, 5.41) is 9.07. The Morgan fingerprint density at radius 1 is 1.00 bits per heavy atom. The van der Waals surface area contributed by atoms with Gasteiger partial charge in [-0.25, -0.2) is 0 Å². The van der Waals surface area contributed by atoms with Gasteiger partial charge in [-0.2, -0.15) is 0 Å². The van der Waals surface area contributed by atoms with Crippen molar-refractivity contribution < 1.29 is 14.6 Å². The zero-order chi connectivity index (χ0) is 17.4. The maximum Gasteiger partial charge on any atom is 0.309 e. The van der Waals surface area contributed by atoms with E-state index in [9.17, 15) is 4.79 Å². The summed E-state index contributed by atoms with van der Waals surface area (Å²) in [6.07, 6.45) is 5.45. The Balaban J connectivity index is 1.80. The molecular formula is C21H24O3. The first-order valence-corrected chi connectivity index (χ1v) is 8.17. The van der Waals surface area contributed by atoms with E-state index in [0.717, 1.165) is 17.7 Å². The summed E-state index contributed by atoms with van der Waals surface area (Å²) in [7, 11) is 0. The molecule has 1 N–H and O–H groups in total. The molecule has 0 spiro atoms. The van der Waals surface area contributed by atoms with Gasteiger partial charge in [0.05, 0.1) is 12.0 Å². The number of ether oxygens (including phenoxy) is 1. The predicted octanol–water partition coefficient (Wildman–Crippen LogP) is 5.13. The van der Waals surface area contributed by atoms with Crippen LogP contribution >= 0.6 is 0 Å². The van der Waals surface area contributed by atoms with Crippen LogP contribution in [-0.2, 0) is 4.79 Å². The van der Waals surface area contributed by atoms with E-state index in [2.05, 4.69) is 24.3 Å². The van der Waals surface area contributed by atoms with Gasteiger partial charge in [0.1, 0.15) is 5.75 Å². The van der Waals surface area contributed by atoms with Crippen LogP contribution in [-0.4, -0.2) is 17.7 Å². The maximum atomic E-state index is 11.0. The van der Waals surface area contributed by atoms with E-state index in [0.29, 0.717) is 13.0 Å². The lowest BCUT2D eigenvalue weighted by molar-refractivity contribution is -0.147. The van der Waals surface area contributed by atoms with E-state index in [1.165, 1.54) is 5.56 Å². The van der Waals surface area contributed by atoms with Gasteiger partial charge >= 0.3 is 5.97 Å². The highest BCUT2D eigenvalue weighted by atomic mass is 16.5. The van der Waals surface area contributed by atoms with Crippen molar-refractivity contribution in [1.82, 2.24) is 0 Å². The smallest absolute Gasteiger partial charge is 0.309 e. The van der Waals surface area contributed by atoms with Gasteiger partial charge < -0.3 is 9.84 Å². The molecule has 0 atom stereocenters. The minimum Gasteiger partial charge on any atom is -0.494 e. The molecule has 0 bridgehead atoms. The van der Waals surface area contributed by atoms with Crippen molar-refractivity contribution in [3.05, 3.63) is 65.7 Å². The van der Waals surface area contributed by atoms with Gasteiger partial charge in [-0.15, -0.1) is 0 Å². The van der Waals surface area contributed by atoms with Crippen LogP contribution < -0.4 is 4.74 Å². The van der Waals surface area contributed by atoms with E-state index in [4.69, 9.17) is 9.84 Å². The molecule has 0 heterocycles. The van der Waals surface area contributed by atoms with Crippen LogP contribution in [0.1, 0.15) is 37.8 Å². The lowest BCUT2D eigenvalue weighted by atomic mass is 9.88. The summed E-state index contributed by atoms with van der Waals surface area (Å²) >= 11 is 0. The van der Waals surface area contributed by atoms with E-state index >= 15 is 0 Å². The fraction of sp³-hybridized carbons (Fsp3) is 0.286. The zero-order valence-electron chi connectivity index (χ0n) is 14.2. The molecule has 0 aliphatic heterocycles. The van der Waals surface area contributed by atoms with Crippen molar-refractivity contribution in [3.63, 3.8) is 0 Å². The van der Waals surface area contributed by atoms with Crippen LogP contribution in [0.5, 0.6) is 5.75 Å². The molecule has 2 aromatic carbocycles. The summed E-state index contributed by atoms with van der Waals surface area (Å²) in [4.78, 5) is 11.0. The highest BCUT2D eigenvalue weighted by Crippen LogP contribution is 2.23. The molecule has 0 saturated carbocycles. The lowest BCUT2D eigenvalue weighted by Gasteiger charge is -2.18. The Morgan fingerprint density at radius 2 is 1.58 bits per heavy atom. The first-order valence-electron chi connectivity index (χ1n) is 8.17. The second-order valence-corrected chi connectivity index (χ2v) is 6.45. The molecule has 2 aromatic rings. The van der Waals surface area contributed by atoms with Crippen molar-refractivity contribution >= 4 is 18.1 Å². The maximum absolute atomic E-state index is 11.0. The van der Waals surface area contributed by atoms with E-state index in [1.807, 2.05) is 42.5 Å². The molecular weight excluding hydrogens is 300 g/mol. The quantitative estimate of drug-likeness (QED) is 0.541. The van der Waals surface area contributed by atoms with Crippen LogP contribution in [0.2, 0.25) is 0 Å². The van der Waals surface area contributed by atoms with Gasteiger partial charge in [-0.1, -0.05) is 54.6 Å². The largest absolute Gasteiger partial charge is 0.494 e. The van der Waals surface area contributed by atoms with Crippen molar-refractivity contribution in [2.75, 3.05) is 6.61 Å². The summed E-state index contributed by atoms with van der Waals surface area (Å²) in [5.41, 5.74) is 1.58. The van der Waals surface area contributed by atoms with Gasteiger partial charge in [-0.05, 0) is 49.9 Å². The molecule has 24 heavy (non-hydrogen) atoms. The second kappa shape index (κ2) is 8.34. The van der Waals surface area contributed by atoms with Crippen LogP contribution in [0.25, 0.3) is 12.2 Å². The number of benzene rings is 2. The predicted molar refractivity (Wildman–Crippen MR) is 98.0 cm³/mol. The van der Waals surface area contributed by atoms with E-state index in [-0.39, 0.29) is 0 Å². The lowest BCUT2D eigenvalue weighted by Crippen LogP contribution is -2.24. The van der Waals surface area contributed by atoms with E-state index < -0.39 is 11.4 Å². The minimum absolute atomic E-state index is 0.524. The molecule has 0 aliphatic carbocycles. The highest BCUT2D eigenvalue weighted by molar-refractivity contribution is 5.73. The van der Waals surface area contributed by atoms with Gasteiger partial charge in [0.2, 0.25) is 0 Å². The molecule has 2 rings (SSSR count). The van der Waals surface area contributed by atoms with Crippen molar-refractivity contribution in [1.29, 1.82) is 0 Å². The molecule has 0 radical (unpaired) electrons. The molecule has 126 valence electrons. The first kappa shape index (κ1) is 17.8. The Labute approximate surface area is 143 Å². The van der Waals surface area contributed by atoms with Gasteiger partial charge in [-0.3, -0.25) is 4.79 Å². The Bertz CT molecular complexity index is 670. The number of aliphatic carboxylic acids is 1. The fourth-order valence-electron chi connectivity index (χ4n) is 2.24. The molecule has 0 aromatic heterocycles. The number of hydrogen-bond donors (Lipinski definition) is 1. The average molecular weight is 324 g/mol. The minimum atomic E-state index is -0.767. The van der Waals surface area contributed by atoms with Gasteiger partial charge in [0, 0.05) is 0 Å². The molecule has 0 amide bonds. The number of rotatable bonds is 8. The standard InChI is InChI=1S/C21H24O3/c1-21(2,20(22)23)15-6-16-24-19-13-11-18(12-14-19)10-9-17-7-4-3-5-8-17/h3-5,7-14H,6,15-16H2,1-2H3,(H,22,23)/b10-9+. The third kappa shape index (κ3) is 5.58. The van der Waals surface area contributed by atoms with Crippen molar-refractivity contribution in [2.24, 2.45) is 5.41 Å².